The van der Waals surface area contributed by atoms with Gasteiger partial charge in [0.25, 0.3) is 0 Å². The Morgan fingerprint density at radius 3 is 2.65 bits per heavy atom. The summed E-state index contributed by atoms with van der Waals surface area (Å²) >= 11 is 0. The topological polar surface area (TPSA) is 38.5 Å². The van der Waals surface area contributed by atoms with Gasteiger partial charge in [0.15, 0.2) is 0 Å². The van der Waals surface area contributed by atoms with Crippen LogP contribution in [-0.4, -0.2) is 25.0 Å². The van der Waals surface area contributed by atoms with Crippen LogP contribution in [0.15, 0.2) is 48.5 Å². The summed E-state index contributed by atoms with van der Waals surface area (Å²) in [4.78, 5) is 2.41. The molecule has 122 valence electrons. The first-order valence-corrected chi connectivity index (χ1v) is 8.35. The first kappa shape index (κ1) is 16.0. The third-order valence-corrected chi connectivity index (χ3v) is 4.80. The molecule has 1 heterocycles. The smallest absolute Gasteiger partial charge is 0.123 e. The molecule has 2 aromatic carbocycles. The normalized spacial score (nSPS) is 21.5. The lowest BCUT2D eigenvalue weighted by Gasteiger charge is -2.21. The largest absolute Gasteiger partial charge is 0.489 e. The van der Waals surface area contributed by atoms with Crippen molar-refractivity contribution in [3.05, 3.63) is 65.2 Å². The SMILES string of the molecule is Cc1ccc(C2CC(CN)CN2C)cc1OCc1ccccc1. The van der Waals surface area contributed by atoms with Gasteiger partial charge in [-0.25, -0.2) is 0 Å². The average Bonchev–Trinajstić information content (AvgIpc) is 2.96. The summed E-state index contributed by atoms with van der Waals surface area (Å²) in [5, 5.41) is 0. The second-order valence-corrected chi connectivity index (χ2v) is 6.59. The highest BCUT2D eigenvalue weighted by Gasteiger charge is 2.29. The van der Waals surface area contributed by atoms with E-state index in [9.17, 15) is 0 Å². The van der Waals surface area contributed by atoms with Crippen molar-refractivity contribution in [3.8, 4) is 5.75 Å². The minimum Gasteiger partial charge on any atom is -0.489 e. The fraction of sp³-hybridized carbons (Fsp3) is 0.400. The fourth-order valence-electron chi connectivity index (χ4n) is 3.38. The Morgan fingerprint density at radius 1 is 1.17 bits per heavy atom. The summed E-state index contributed by atoms with van der Waals surface area (Å²) in [6, 6.07) is 17.3. The molecule has 1 aliphatic rings. The Kier molecular flexibility index (Phi) is 4.99. The highest BCUT2D eigenvalue weighted by molar-refractivity contribution is 5.38. The summed E-state index contributed by atoms with van der Waals surface area (Å²) in [6.07, 6.45) is 1.13. The van der Waals surface area contributed by atoms with E-state index in [-0.39, 0.29) is 0 Å². The third-order valence-electron chi connectivity index (χ3n) is 4.80. The molecule has 0 aliphatic carbocycles. The Labute approximate surface area is 139 Å². The van der Waals surface area contributed by atoms with Crippen LogP contribution in [0.2, 0.25) is 0 Å². The molecule has 0 aromatic heterocycles. The summed E-state index contributed by atoms with van der Waals surface area (Å²) in [5.74, 6) is 1.58. The van der Waals surface area contributed by atoms with Crippen molar-refractivity contribution in [2.75, 3.05) is 20.1 Å². The Morgan fingerprint density at radius 2 is 1.96 bits per heavy atom. The summed E-state index contributed by atoms with van der Waals surface area (Å²) in [6.45, 7) is 4.56. The molecule has 0 saturated carbocycles. The van der Waals surface area contributed by atoms with E-state index in [4.69, 9.17) is 10.5 Å². The van der Waals surface area contributed by atoms with Crippen molar-refractivity contribution in [2.24, 2.45) is 11.7 Å². The number of hydrogen-bond acceptors (Lipinski definition) is 3. The number of nitrogens with zero attached hydrogens (tertiary/aromatic N) is 1. The average molecular weight is 310 g/mol. The molecule has 2 atom stereocenters. The van der Waals surface area contributed by atoms with E-state index in [0.29, 0.717) is 18.6 Å². The van der Waals surface area contributed by atoms with Gasteiger partial charge in [0.2, 0.25) is 0 Å². The second-order valence-electron chi connectivity index (χ2n) is 6.59. The molecule has 0 bridgehead atoms. The zero-order valence-corrected chi connectivity index (χ0v) is 14.0. The van der Waals surface area contributed by atoms with Gasteiger partial charge in [-0.3, -0.25) is 4.90 Å². The van der Waals surface area contributed by atoms with E-state index in [0.717, 1.165) is 25.3 Å². The quantitative estimate of drug-likeness (QED) is 0.918. The van der Waals surface area contributed by atoms with Crippen LogP contribution in [-0.2, 0) is 6.61 Å². The molecule has 23 heavy (non-hydrogen) atoms. The van der Waals surface area contributed by atoms with E-state index < -0.39 is 0 Å². The maximum atomic E-state index is 6.07. The van der Waals surface area contributed by atoms with Crippen molar-refractivity contribution in [1.82, 2.24) is 4.90 Å². The van der Waals surface area contributed by atoms with Gasteiger partial charge < -0.3 is 10.5 Å². The van der Waals surface area contributed by atoms with Gasteiger partial charge >= 0.3 is 0 Å². The number of benzene rings is 2. The molecular formula is C20H26N2O. The summed E-state index contributed by atoms with van der Waals surface area (Å²) in [5.41, 5.74) is 9.56. The Hall–Kier alpha value is -1.84. The molecule has 3 nitrogen and oxygen atoms in total. The lowest BCUT2D eigenvalue weighted by atomic mass is 9.98. The van der Waals surface area contributed by atoms with Crippen molar-refractivity contribution in [2.45, 2.75) is 26.0 Å². The summed E-state index contributed by atoms with van der Waals surface area (Å²) in [7, 11) is 2.19. The molecule has 2 N–H and O–H groups in total. The minimum absolute atomic E-state index is 0.447. The lowest BCUT2D eigenvalue weighted by Crippen LogP contribution is -2.20. The highest BCUT2D eigenvalue weighted by atomic mass is 16.5. The molecule has 3 heteroatoms. The van der Waals surface area contributed by atoms with Crippen LogP contribution in [0.3, 0.4) is 0 Å². The van der Waals surface area contributed by atoms with Crippen LogP contribution in [0.5, 0.6) is 5.75 Å². The van der Waals surface area contributed by atoms with Crippen molar-refractivity contribution >= 4 is 0 Å². The monoisotopic (exact) mass is 310 g/mol. The number of hydrogen-bond donors (Lipinski definition) is 1. The Bertz CT molecular complexity index is 641. The van der Waals surface area contributed by atoms with Gasteiger partial charge in [-0.05, 0) is 55.6 Å². The first-order valence-electron chi connectivity index (χ1n) is 8.35. The lowest BCUT2D eigenvalue weighted by molar-refractivity contribution is 0.297. The number of rotatable bonds is 5. The Balaban J connectivity index is 1.74. The number of likely N-dealkylation sites (tertiary alicyclic amines) is 1. The van der Waals surface area contributed by atoms with Crippen LogP contribution >= 0.6 is 0 Å². The van der Waals surface area contributed by atoms with Crippen molar-refractivity contribution < 1.29 is 4.74 Å². The molecule has 0 amide bonds. The number of aryl methyl sites for hydroxylation is 1. The fourth-order valence-corrected chi connectivity index (χ4v) is 3.38. The zero-order chi connectivity index (χ0) is 16.2. The van der Waals surface area contributed by atoms with E-state index in [1.165, 1.54) is 16.7 Å². The van der Waals surface area contributed by atoms with Crippen LogP contribution in [0.25, 0.3) is 0 Å². The first-order chi connectivity index (χ1) is 11.2. The van der Waals surface area contributed by atoms with E-state index in [1.54, 1.807) is 0 Å². The van der Waals surface area contributed by atoms with E-state index in [2.05, 4.69) is 49.2 Å². The van der Waals surface area contributed by atoms with Gasteiger partial charge in [0.1, 0.15) is 12.4 Å². The second kappa shape index (κ2) is 7.16. The third kappa shape index (κ3) is 3.74. The predicted molar refractivity (Wildman–Crippen MR) is 94.5 cm³/mol. The zero-order valence-electron chi connectivity index (χ0n) is 14.0. The maximum Gasteiger partial charge on any atom is 0.123 e. The van der Waals surface area contributed by atoms with E-state index >= 15 is 0 Å². The van der Waals surface area contributed by atoms with E-state index in [1.807, 2.05) is 18.2 Å². The molecule has 1 saturated heterocycles. The van der Waals surface area contributed by atoms with Gasteiger partial charge in [0.05, 0.1) is 0 Å². The number of ether oxygens (including phenoxy) is 1. The van der Waals surface area contributed by atoms with Gasteiger partial charge in [-0.15, -0.1) is 0 Å². The molecule has 1 fully saturated rings. The molecule has 3 rings (SSSR count). The molecule has 2 unspecified atom stereocenters. The van der Waals surface area contributed by atoms with Gasteiger partial charge in [-0.1, -0.05) is 42.5 Å². The molecule has 2 aromatic rings. The van der Waals surface area contributed by atoms with Crippen LogP contribution in [0.4, 0.5) is 0 Å². The van der Waals surface area contributed by atoms with Crippen LogP contribution in [0.1, 0.15) is 29.2 Å². The number of nitrogens with two attached hydrogens (primary N) is 1. The van der Waals surface area contributed by atoms with Crippen molar-refractivity contribution in [1.29, 1.82) is 0 Å². The van der Waals surface area contributed by atoms with Crippen LogP contribution in [0, 0.1) is 12.8 Å². The maximum absolute atomic E-state index is 6.07. The van der Waals surface area contributed by atoms with Gasteiger partial charge in [-0.2, -0.15) is 0 Å². The van der Waals surface area contributed by atoms with Gasteiger partial charge in [0, 0.05) is 12.6 Å². The molecule has 0 radical (unpaired) electrons. The molecular weight excluding hydrogens is 284 g/mol. The summed E-state index contributed by atoms with van der Waals surface area (Å²) < 4.78 is 6.07. The minimum atomic E-state index is 0.447. The predicted octanol–water partition coefficient (Wildman–Crippen LogP) is 3.53. The highest BCUT2D eigenvalue weighted by Crippen LogP contribution is 2.35. The molecule has 0 spiro atoms. The van der Waals surface area contributed by atoms with Crippen LogP contribution < -0.4 is 10.5 Å². The standard InChI is InChI=1S/C20H26N2O/c1-15-8-9-18(19-10-17(12-21)13-22(19)2)11-20(15)23-14-16-6-4-3-5-7-16/h3-9,11,17,19H,10,12-14,21H2,1-2H3. The molecule has 1 aliphatic heterocycles. The van der Waals surface area contributed by atoms with Crippen molar-refractivity contribution in [3.63, 3.8) is 0 Å².